The van der Waals surface area contributed by atoms with E-state index in [1.165, 1.54) is 102 Å². The van der Waals surface area contributed by atoms with Crippen LogP contribution < -0.4 is 9.47 Å². The molecule has 0 fully saturated rings. The summed E-state index contributed by atoms with van der Waals surface area (Å²) in [6.45, 7) is 8.37. The van der Waals surface area contributed by atoms with Gasteiger partial charge in [0.05, 0.1) is 24.3 Å². The highest BCUT2D eigenvalue weighted by Crippen LogP contribution is 2.35. The van der Waals surface area contributed by atoms with Crippen molar-refractivity contribution in [1.82, 2.24) is 15.0 Å². The third-order valence-corrected chi connectivity index (χ3v) is 10.2. The van der Waals surface area contributed by atoms with Crippen LogP contribution in [0.4, 0.5) is 0 Å². The maximum absolute atomic E-state index is 12.5. The first-order chi connectivity index (χ1) is 27.6. The second-order valence-corrected chi connectivity index (χ2v) is 15.5. The van der Waals surface area contributed by atoms with Gasteiger partial charge in [0.2, 0.25) is 4.73 Å². The number of hydrogen-bond acceptors (Lipinski definition) is 11. The molecule has 0 spiro atoms. The molecule has 0 bridgehead atoms. The van der Waals surface area contributed by atoms with Gasteiger partial charge in [-0.05, 0) is 66.9 Å². The van der Waals surface area contributed by atoms with Crippen LogP contribution in [0.1, 0.15) is 156 Å². The van der Waals surface area contributed by atoms with Crippen molar-refractivity contribution in [3.63, 3.8) is 0 Å². The van der Waals surface area contributed by atoms with Crippen molar-refractivity contribution in [1.29, 1.82) is 0 Å². The number of carbonyl (C=O) groups excluding carboxylic acids is 2. The number of halogens is 1. The molecule has 2 atom stereocenters. The fourth-order valence-corrected chi connectivity index (χ4v) is 6.74. The fourth-order valence-electron chi connectivity index (χ4n) is 6.40. The van der Waals surface area contributed by atoms with Crippen molar-refractivity contribution in [2.75, 3.05) is 13.2 Å². The van der Waals surface area contributed by atoms with Gasteiger partial charge in [-0.15, -0.1) is 0 Å². The smallest absolute Gasteiger partial charge is 0.347 e. The van der Waals surface area contributed by atoms with E-state index in [2.05, 4.69) is 44.7 Å². The Balaban J connectivity index is 1.45. The second-order valence-electron chi connectivity index (χ2n) is 14.8. The number of ether oxygens (including phenoxy) is 4. The highest BCUT2D eigenvalue weighted by Gasteiger charge is 2.21. The van der Waals surface area contributed by atoms with Crippen LogP contribution in [0, 0.1) is 0 Å². The average molecular weight is 857 g/mol. The number of aromatic hydroxyl groups is 2. The minimum Gasteiger partial charge on any atom is -0.507 e. The van der Waals surface area contributed by atoms with Gasteiger partial charge in [0.15, 0.2) is 23.9 Å². The minimum absolute atomic E-state index is 0.137. The van der Waals surface area contributed by atoms with Crippen LogP contribution in [0.25, 0.3) is 22.8 Å². The topological polar surface area (TPSA) is 150 Å². The van der Waals surface area contributed by atoms with Gasteiger partial charge < -0.3 is 29.2 Å². The van der Waals surface area contributed by atoms with Gasteiger partial charge >= 0.3 is 11.9 Å². The molecule has 1 heterocycles. The van der Waals surface area contributed by atoms with Crippen molar-refractivity contribution in [3.05, 3.63) is 41.1 Å². The maximum atomic E-state index is 12.5. The molecule has 2 N–H and O–H groups in total. The van der Waals surface area contributed by atoms with Crippen LogP contribution >= 0.6 is 15.9 Å². The zero-order chi connectivity index (χ0) is 41.3. The number of benzene rings is 2. The van der Waals surface area contributed by atoms with Crippen molar-refractivity contribution < 1.29 is 38.7 Å². The van der Waals surface area contributed by atoms with Gasteiger partial charge in [0.25, 0.3) is 0 Å². The van der Waals surface area contributed by atoms with E-state index in [0.717, 1.165) is 38.5 Å². The van der Waals surface area contributed by atoms with E-state index in [4.69, 9.17) is 18.9 Å². The molecule has 0 aliphatic rings. The Morgan fingerprint density at radius 2 is 0.877 bits per heavy atom. The molecule has 316 valence electrons. The Bertz CT molecular complexity index is 1510. The Kier molecular flexibility index (Phi) is 23.0. The summed E-state index contributed by atoms with van der Waals surface area (Å²) < 4.78 is 22.5. The van der Waals surface area contributed by atoms with E-state index in [0.29, 0.717) is 13.2 Å². The number of rotatable bonds is 30. The molecule has 0 saturated carbocycles. The number of esters is 2. The molecular weight excluding hydrogens is 790 g/mol. The predicted octanol–water partition coefficient (Wildman–Crippen LogP) is 11.8. The summed E-state index contributed by atoms with van der Waals surface area (Å²) in [5.74, 6) is -0.460. The zero-order valence-corrected chi connectivity index (χ0v) is 36.3. The summed E-state index contributed by atoms with van der Waals surface area (Å²) in [4.78, 5) is 38.2. The molecule has 0 aliphatic heterocycles. The first-order valence-corrected chi connectivity index (χ1v) is 22.2. The van der Waals surface area contributed by atoms with Crippen molar-refractivity contribution >= 4 is 27.9 Å². The molecule has 3 rings (SSSR count). The van der Waals surface area contributed by atoms with Crippen LogP contribution in [0.15, 0.2) is 41.1 Å². The highest BCUT2D eigenvalue weighted by atomic mass is 79.9. The van der Waals surface area contributed by atoms with E-state index in [1.54, 1.807) is 38.1 Å². The number of unbranched alkanes of at least 4 members (excludes halogenated alkanes) is 18. The van der Waals surface area contributed by atoms with Crippen LogP contribution in [-0.2, 0) is 19.1 Å². The minimum atomic E-state index is -0.866. The summed E-state index contributed by atoms with van der Waals surface area (Å²) in [6, 6.07) is 9.12. The normalized spacial score (nSPS) is 12.2. The molecule has 0 saturated heterocycles. The maximum Gasteiger partial charge on any atom is 0.347 e. The Morgan fingerprint density at radius 3 is 1.21 bits per heavy atom. The largest absolute Gasteiger partial charge is 0.507 e. The van der Waals surface area contributed by atoms with Crippen LogP contribution in [0.2, 0.25) is 0 Å². The van der Waals surface area contributed by atoms with Crippen molar-refractivity contribution in [2.24, 2.45) is 0 Å². The van der Waals surface area contributed by atoms with Gasteiger partial charge in [0.1, 0.15) is 23.0 Å². The van der Waals surface area contributed by atoms with Crippen molar-refractivity contribution in [2.45, 2.75) is 168 Å². The van der Waals surface area contributed by atoms with Crippen LogP contribution in [0.3, 0.4) is 0 Å². The average Bonchev–Trinajstić information content (AvgIpc) is 3.18. The van der Waals surface area contributed by atoms with E-state index in [1.807, 2.05) is 0 Å². The first-order valence-electron chi connectivity index (χ1n) is 21.4. The molecule has 0 amide bonds. The summed E-state index contributed by atoms with van der Waals surface area (Å²) in [7, 11) is 0. The van der Waals surface area contributed by atoms with E-state index < -0.39 is 24.1 Å². The summed E-state index contributed by atoms with van der Waals surface area (Å²) >= 11 is 3.31. The van der Waals surface area contributed by atoms with Gasteiger partial charge in [-0.25, -0.2) is 24.5 Å². The fraction of sp³-hybridized carbons (Fsp3) is 0.622. The Morgan fingerprint density at radius 1 is 0.544 bits per heavy atom. The number of hydrogen-bond donors (Lipinski definition) is 2. The van der Waals surface area contributed by atoms with Gasteiger partial charge in [-0.2, -0.15) is 0 Å². The molecule has 57 heavy (non-hydrogen) atoms. The van der Waals surface area contributed by atoms with Crippen LogP contribution in [0.5, 0.6) is 23.0 Å². The Hall–Kier alpha value is -3.93. The molecule has 0 aliphatic carbocycles. The first kappa shape index (κ1) is 47.4. The third-order valence-electron chi connectivity index (χ3n) is 9.80. The number of aromatic nitrogens is 3. The lowest BCUT2D eigenvalue weighted by Crippen LogP contribution is -2.26. The number of nitrogens with zero attached hydrogens (tertiary/aromatic N) is 3. The lowest BCUT2D eigenvalue weighted by Gasteiger charge is -2.15. The van der Waals surface area contributed by atoms with E-state index in [-0.39, 0.29) is 50.5 Å². The molecule has 2 unspecified atom stereocenters. The summed E-state index contributed by atoms with van der Waals surface area (Å²) in [6.07, 6.45) is 22.3. The third kappa shape index (κ3) is 18.5. The number of phenolic OH excluding ortho intramolecular Hbond substituents is 2. The lowest BCUT2D eigenvalue weighted by atomic mass is 10.1. The SMILES string of the molecule is CCCCCCCCCCCCOC(=O)C(C)Oc1ccc(-c2nc(Br)nc(-c3ccc(OC(C)C(=O)OCCCCCCCCCCCC)cc3O)n2)c(O)c1. The van der Waals surface area contributed by atoms with Gasteiger partial charge in [-0.1, -0.05) is 129 Å². The zero-order valence-electron chi connectivity index (χ0n) is 34.7. The monoisotopic (exact) mass is 855 g/mol. The number of carbonyl (C=O) groups is 2. The molecule has 12 heteroatoms. The highest BCUT2D eigenvalue weighted by molar-refractivity contribution is 9.10. The molecule has 11 nitrogen and oxygen atoms in total. The standard InChI is InChI=1S/C45H66BrN3O8/c1-5-7-9-11-13-15-17-19-21-23-29-54-43(52)33(3)56-35-25-27-37(39(50)31-35)41-47-42(49-45(46)48-41)38-28-26-36(32-40(38)51)57-34(4)44(53)55-30-24-22-20-18-16-14-12-10-8-6-2/h25-28,31-34,50-51H,5-24,29-30H2,1-4H3. The predicted molar refractivity (Wildman–Crippen MR) is 228 cm³/mol. The van der Waals surface area contributed by atoms with Crippen molar-refractivity contribution in [3.8, 4) is 45.8 Å². The Labute approximate surface area is 348 Å². The second kappa shape index (κ2) is 27.7. The molecule has 1 aromatic heterocycles. The van der Waals surface area contributed by atoms with Gasteiger partial charge in [-0.3, -0.25) is 0 Å². The van der Waals surface area contributed by atoms with E-state index in [9.17, 15) is 19.8 Å². The number of phenols is 2. The quantitative estimate of drug-likeness (QED) is 0.0487. The summed E-state index contributed by atoms with van der Waals surface area (Å²) in [5.41, 5.74) is 0.569. The summed E-state index contributed by atoms with van der Waals surface area (Å²) in [5, 5.41) is 21.8. The molecular formula is C45H66BrN3O8. The van der Waals surface area contributed by atoms with Crippen LogP contribution in [-0.4, -0.2) is 62.5 Å². The molecule has 2 aromatic carbocycles. The lowest BCUT2D eigenvalue weighted by molar-refractivity contribution is -0.152. The molecule has 0 radical (unpaired) electrons. The molecule has 3 aromatic rings. The van der Waals surface area contributed by atoms with Gasteiger partial charge in [0, 0.05) is 12.1 Å². The van der Waals surface area contributed by atoms with E-state index >= 15 is 0 Å².